The minimum absolute atomic E-state index is 0.0480. The van der Waals surface area contributed by atoms with E-state index in [4.69, 9.17) is 16.3 Å². The lowest BCUT2D eigenvalue weighted by molar-refractivity contribution is -0.115. The van der Waals surface area contributed by atoms with E-state index in [0.29, 0.717) is 16.9 Å². The van der Waals surface area contributed by atoms with Crippen molar-refractivity contribution in [2.45, 2.75) is 46.0 Å². The SMILES string of the molecule is COc1ccccc1-c1c(CC(=O)Nc2c(C(C)C)cccc2C(C)C)n(C)c2ccc(Cl)cc12. The molecule has 0 bridgehead atoms. The predicted molar refractivity (Wildman–Crippen MR) is 147 cm³/mol. The zero-order chi connectivity index (χ0) is 25.3. The molecule has 4 rings (SSSR count). The number of rotatable bonds is 7. The summed E-state index contributed by atoms with van der Waals surface area (Å²) < 4.78 is 7.77. The molecule has 0 atom stereocenters. The van der Waals surface area contributed by atoms with Gasteiger partial charge in [0.05, 0.1) is 13.5 Å². The summed E-state index contributed by atoms with van der Waals surface area (Å²) >= 11 is 6.40. The van der Waals surface area contributed by atoms with Crippen LogP contribution >= 0.6 is 11.6 Å². The fourth-order valence-electron chi connectivity index (χ4n) is 4.86. The summed E-state index contributed by atoms with van der Waals surface area (Å²) in [5, 5.41) is 4.92. The summed E-state index contributed by atoms with van der Waals surface area (Å²) in [6, 6.07) is 20.0. The van der Waals surface area contributed by atoms with Crippen LogP contribution in [0.2, 0.25) is 5.02 Å². The monoisotopic (exact) mass is 488 g/mol. The van der Waals surface area contributed by atoms with Crippen molar-refractivity contribution < 1.29 is 9.53 Å². The first-order valence-corrected chi connectivity index (χ1v) is 12.4. The fraction of sp³-hybridized carbons (Fsp3) is 0.300. The number of halogens is 1. The van der Waals surface area contributed by atoms with Crippen molar-refractivity contribution in [2.75, 3.05) is 12.4 Å². The average molecular weight is 489 g/mol. The van der Waals surface area contributed by atoms with Gasteiger partial charge in [0.1, 0.15) is 5.75 Å². The Morgan fingerprint density at radius 3 is 2.26 bits per heavy atom. The van der Waals surface area contributed by atoms with E-state index in [9.17, 15) is 4.79 Å². The van der Waals surface area contributed by atoms with Crippen molar-refractivity contribution in [1.82, 2.24) is 4.57 Å². The predicted octanol–water partition coefficient (Wildman–Crippen LogP) is 7.94. The van der Waals surface area contributed by atoms with Gasteiger partial charge in [-0.3, -0.25) is 4.79 Å². The number of benzene rings is 3. The van der Waals surface area contributed by atoms with Gasteiger partial charge in [0.2, 0.25) is 5.91 Å². The molecule has 0 fully saturated rings. The number of aryl methyl sites for hydroxylation is 1. The molecule has 0 aliphatic rings. The van der Waals surface area contributed by atoms with E-state index in [-0.39, 0.29) is 12.3 Å². The van der Waals surface area contributed by atoms with Gasteiger partial charge in [0.15, 0.2) is 0 Å². The molecular weight excluding hydrogens is 456 g/mol. The van der Waals surface area contributed by atoms with Crippen LogP contribution in [0.1, 0.15) is 56.4 Å². The van der Waals surface area contributed by atoms with Gasteiger partial charge in [0.25, 0.3) is 0 Å². The fourth-order valence-corrected chi connectivity index (χ4v) is 5.03. The number of fused-ring (bicyclic) bond motifs is 1. The minimum Gasteiger partial charge on any atom is -0.496 e. The minimum atomic E-state index is -0.0480. The number of hydrogen-bond donors (Lipinski definition) is 1. The zero-order valence-corrected chi connectivity index (χ0v) is 22.0. The number of ether oxygens (including phenoxy) is 1. The van der Waals surface area contributed by atoms with E-state index in [1.54, 1.807) is 7.11 Å². The van der Waals surface area contributed by atoms with Gasteiger partial charge in [-0.05, 0) is 47.2 Å². The maximum absolute atomic E-state index is 13.6. The van der Waals surface area contributed by atoms with Gasteiger partial charge in [-0.15, -0.1) is 0 Å². The molecule has 0 saturated carbocycles. The van der Waals surface area contributed by atoms with Crippen LogP contribution in [0.4, 0.5) is 5.69 Å². The molecule has 3 aromatic carbocycles. The first-order chi connectivity index (χ1) is 16.7. The number of anilines is 1. The number of aromatic nitrogens is 1. The highest BCUT2D eigenvalue weighted by Gasteiger charge is 2.23. The lowest BCUT2D eigenvalue weighted by Gasteiger charge is -2.20. The van der Waals surface area contributed by atoms with Crippen LogP contribution in [0.25, 0.3) is 22.0 Å². The second kappa shape index (κ2) is 10.2. The van der Waals surface area contributed by atoms with E-state index < -0.39 is 0 Å². The Hall–Kier alpha value is -3.24. The summed E-state index contributed by atoms with van der Waals surface area (Å²) in [6.45, 7) is 8.62. The van der Waals surface area contributed by atoms with Crippen molar-refractivity contribution in [2.24, 2.45) is 7.05 Å². The van der Waals surface area contributed by atoms with Gasteiger partial charge in [-0.2, -0.15) is 0 Å². The second-order valence-corrected chi connectivity index (χ2v) is 10.0. The highest BCUT2D eigenvalue weighted by Crippen LogP contribution is 2.41. The van der Waals surface area contributed by atoms with Crippen LogP contribution in [0.5, 0.6) is 5.75 Å². The lowest BCUT2D eigenvalue weighted by atomic mass is 9.92. The second-order valence-electron chi connectivity index (χ2n) is 9.59. The number of amides is 1. The largest absolute Gasteiger partial charge is 0.496 e. The number of hydrogen-bond acceptors (Lipinski definition) is 2. The van der Waals surface area contributed by atoms with Crippen molar-refractivity contribution in [3.63, 3.8) is 0 Å². The van der Waals surface area contributed by atoms with Gasteiger partial charge in [-0.25, -0.2) is 0 Å². The Kier molecular flexibility index (Phi) is 7.23. The molecule has 0 aliphatic heterocycles. The third-order valence-electron chi connectivity index (χ3n) is 6.62. The van der Waals surface area contributed by atoms with Crippen LogP contribution in [-0.2, 0) is 18.3 Å². The average Bonchev–Trinajstić information content (AvgIpc) is 3.09. The zero-order valence-electron chi connectivity index (χ0n) is 21.3. The molecule has 182 valence electrons. The number of nitrogens with zero attached hydrogens (tertiary/aromatic N) is 1. The number of para-hydroxylation sites is 2. The summed E-state index contributed by atoms with van der Waals surface area (Å²) in [6.07, 6.45) is 0.222. The maximum atomic E-state index is 13.6. The van der Waals surface area contributed by atoms with Gasteiger partial charge in [0, 0.05) is 45.5 Å². The molecular formula is C30H33ClN2O2. The first-order valence-electron chi connectivity index (χ1n) is 12.1. The number of carbonyl (C=O) groups excluding carboxylic acids is 1. The first kappa shape index (κ1) is 24.9. The Bertz CT molecular complexity index is 1360. The van der Waals surface area contributed by atoms with Crippen molar-refractivity contribution in [3.8, 4) is 16.9 Å². The topological polar surface area (TPSA) is 43.3 Å². The molecule has 0 aliphatic carbocycles. The number of carbonyl (C=O) groups is 1. The molecule has 1 amide bonds. The summed E-state index contributed by atoms with van der Waals surface area (Å²) in [5.41, 5.74) is 7.08. The van der Waals surface area contributed by atoms with E-state index in [0.717, 1.165) is 50.3 Å². The molecule has 1 N–H and O–H groups in total. The van der Waals surface area contributed by atoms with Crippen molar-refractivity contribution in [3.05, 3.63) is 82.5 Å². The Labute approximate surface area is 212 Å². The molecule has 4 nitrogen and oxygen atoms in total. The Morgan fingerprint density at radius 2 is 1.63 bits per heavy atom. The third-order valence-corrected chi connectivity index (χ3v) is 6.86. The van der Waals surface area contributed by atoms with Crippen molar-refractivity contribution in [1.29, 1.82) is 0 Å². The smallest absolute Gasteiger partial charge is 0.230 e. The van der Waals surface area contributed by atoms with E-state index in [1.165, 1.54) is 0 Å². The number of methoxy groups -OCH3 is 1. The van der Waals surface area contributed by atoms with Gasteiger partial charge < -0.3 is 14.6 Å². The maximum Gasteiger partial charge on any atom is 0.230 e. The summed E-state index contributed by atoms with van der Waals surface area (Å²) in [5.74, 6) is 1.31. The summed E-state index contributed by atoms with van der Waals surface area (Å²) in [4.78, 5) is 13.6. The van der Waals surface area contributed by atoms with Crippen LogP contribution in [0.15, 0.2) is 60.7 Å². The normalized spacial score (nSPS) is 11.5. The molecule has 0 saturated heterocycles. The van der Waals surface area contributed by atoms with Crippen LogP contribution in [0.3, 0.4) is 0 Å². The Morgan fingerprint density at radius 1 is 0.971 bits per heavy atom. The standard InChI is InChI=1S/C30H33ClN2O2/c1-18(2)21-11-9-12-22(19(3)4)30(21)32-28(34)17-26-29(23-10-7-8-13-27(23)35-6)24-16-20(31)14-15-25(24)33(26)5/h7-16,18-19H,17H2,1-6H3,(H,32,34). The van der Waals surface area contributed by atoms with E-state index in [2.05, 4.69) is 55.8 Å². The molecule has 0 radical (unpaired) electrons. The quantitative estimate of drug-likeness (QED) is 0.287. The highest BCUT2D eigenvalue weighted by atomic mass is 35.5. The van der Waals surface area contributed by atoms with Gasteiger partial charge >= 0.3 is 0 Å². The highest BCUT2D eigenvalue weighted by molar-refractivity contribution is 6.31. The number of nitrogens with one attached hydrogen (secondary N) is 1. The molecule has 1 heterocycles. The molecule has 5 heteroatoms. The molecule has 0 unspecified atom stereocenters. The van der Waals surface area contributed by atoms with Crippen molar-refractivity contribution >= 4 is 34.1 Å². The third kappa shape index (κ3) is 4.81. The van der Waals surface area contributed by atoms with Crippen LogP contribution < -0.4 is 10.1 Å². The molecule has 35 heavy (non-hydrogen) atoms. The van der Waals surface area contributed by atoms with Crippen LogP contribution in [0, 0.1) is 0 Å². The van der Waals surface area contributed by atoms with Gasteiger partial charge in [-0.1, -0.05) is 75.7 Å². The summed E-state index contributed by atoms with van der Waals surface area (Å²) in [7, 11) is 3.67. The molecule has 0 spiro atoms. The van der Waals surface area contributed by atoms with E-state index >= 15 is 0 Å². The molecule has 4 aromatic rings. The van der Waals surface area contributed by atoms with E-state index in [1.807, 2.05) is 49.5 Å². The molecule has 1 aromatic heterocycles. The lowest BCUT2D eigenvalue weighted by Crippen LogP contribution is -2.19. The van der Waals surface area contributed by atoms with Crippen LogP contribution in [-0.4, -0.2) is 17.6 Å². The Balaban J connectivity index is 1.83.